The molecule has 3 amide bonds. The van der Waals surface area contributed by atoms with Gasteiger partial charge in [-0.05, 0) is 25.0 Å². The van der Waals surface area contributed by atoms with Gasteiger partial charge in [0.15, 0.2) is 0 Å². The molecule has 0 aromatic heterocycles. The van der Waals surface area contributed by atoms with Gasteiger partial charge < -0.3 is 5.32 Å². The maximum atomic E-state index is 12.8. The quantitative estimate of drug-likeness (QED) is 0.885. The van der Waals surface area contributed by atoms with Crippen molar-refractivity contribution in [2.24, 2.45) is 0 Å². The fourth-order valence-corrected chi connectivity index (χ4v) is 2.68. The fraction of sp³-hybridized carbons (Fsp3) is 0.222. The number of amides is 3. The van der Waals surface area contributed by atoms with E-state index in [2.05, 4.69) is 5.32 Å². The standard InChI is InChI=1S/C18H18N2O2/c1-13-8-10-14(11-9-13)12-20-16(21)18(2,19-17(20)22)15-6-4-3-5-7-15/h3-11H,12H2,1-2H3,(H,19,22)/t18-/m1/s1. The second-order valence-corrected chi connectivity index (χ2v) is 5.80. The van der Waals surface area contributed by atoms with E-state index >= 15 is 0 Å². The molecule has 4 nitrogen and oxygen atoms in total. The van der Waals surface area contributed by atoms with Gasteiger partial charge in [0.05, 0.1) is 6.54 Å². The smallest absolute Gasteiger partial charge is 0.319 e. The molecule has 0 radical (unpaired) electrons. The lowest BCUT2D eigenvalue weighted by molar-refractivity contribution is -0.131. The molecule has 2 aromatic carbocycles. The van der Waals surface area contributed by atoms with E-state index in [0.29, 0.717) is 0 Å². The van der Waals surface area contributed by atoms with E-state index in [9.17, 15) is 9.59 Å². The molecule has 0 aliphatic carbocycles. The van der Waals surface area contributed by atoms with Crippen molar-refractivity contribution in [3.05, 3.63) is 71.3 Å². The van der Waals surface area contributed by atoms with E-state index in [1.165, 1.54) is 4.90 Å². The predicted molar refractivity (Wildman–Crippen MR) is 84.1 cm³/mol. The molecule has 1 aliphatic heterocycles. The minimum Gasteiger partial charge on any atom is -0.319 e. The Hall–Kier alpha value is -2.62. The average Bonchev–Trinajstić information content (AvgIpc) is 2.75. The topological polar surface area (TPSA) is 49.4 Å². The number of carbonyl (C=O) groups is 2. The van der Waals surface area contributed by atoms with Crippen LogP contribution in [0.15, 0.2) is 54.6 Å². The summed E-state index contributed by atoms with van der Waals surface area (Å²) in [5.74, 6) is -0.218. The number of rotatable bonds is 3. The van der Waals surface area contributed by atoms with Crippen molar-refractivity contribution >= 4 is 11.9 Å². The van der Waals surface area contributed by atoms with Crippen LogP contribution in [0.5, 0.6) is 0 Å². The molecule has 1 aliphatic rings. The molecule has 0 unspecified atom stereocenters. The van der Waals surface area contributed by atoms with Crippen molar-refractivity contribution < 1.29 is 9.59 Å². The van der Waals surface area contributed by atoms with E-state index in [4.69, 9.17) is 0 Å². The van der Waals surface area contributed by atoms with Crippen LogP contribution in [-0.4, -0.2) is 16.8 Å². The summed E-state index contributed by atoms with van der Waals surface area (Å²) < 4.78 is 0. The lowest BCUT2D eigenvalue weighted by Crippen LogP contribution is -2.40. The van der Waals surface area contributed by atoms with Crippen LogP contribution >= 0.6 is 0 Å². The fourth-order valence-electron chi connectivity index (χ4n) is 2.68. The summed E-state index contributed by atoms with van der Waals surface area (Å²) in [6.45, 7) is 4.04. The molecule has 22 heavy (non-hydrogen) atoms. The lowest BCUT2D eigenvalue weighted by atomic mass is 9.92. The molecule has 1 saturated heterocycles. The third kappa shape index (κ3) is 2.37. The summed E-state index contributed by atoms with van der Waals surface area (Å²) in [5, 5.41) is 2.82. The molecule has 4 heteroatoms. The van der Waals surface area contributed by atoms with Gasteiger partial charge in [-0.3, -0.25) is 9.69 Å². The molecule has 0 bridgehead atoms. The largest absolute Gasteiger partial charge is 0.325 e. The Morgan fingerprint density at radius 1 is 1.00 bits per heavy atom. The zero-order valence-corrected chi connectivity index (χ0v) is 12.7. The molecule has 1 N–H and O–H groups in total. The van der Waals surface area contributed by atoms with Crippen molar-refractivity contribution in [2.45, 2.75) is 25.9 Å². The second-order valence-electron chi connectivity index (χ2n) is 5.80. The first-order valence-corrected chi connectivity index (χ1v) is 7.26. The normalized spacial score (nSPS) is 21.1. The Bertz CT molecular complexity index is 710. The highest BCUT2D eigenvalue weighted by molar-refractivity contribution is 6.07. The molecule has 0 spiro atoms. The predicted octanol–water partition coefficient (Wildman–Crippen LogP) is 2.96. The summed E-state index contributed by atoms with van der Waals surface area (Å²) in [7, 11) is 0. The molecule has 1 heterocycles. The van der Waals surface area contributed by atoms with Crippen molar-refractivity contribution in [2.75, 3.05) is 0 Å². The average molecular weight is 294 g/mol. The third-order valence-electron chi connectivity index (χ3n) is 4.09. The van der Waals surface area contributed by atoms with Crippen LogP contribution in [0.2, 0.25) is 0 Å². The van der Waals surface area contributed by atoms with Crippen LogP contribution in [0.25, 0.3) is 0 Å². The number of hydrogen-bond donors (Lipinski definition) is 1. The lowest BCUT2D eigenvalue weighted by Gasteiger charge is -2.22. The first kappa shape index (κ1) is 14.3. The number of nitrogens with one attached hydrogen (secondary N) is 1. The zero-order chi connectivity index (χ0) is 15.7. The van der Waals surface area contributed by atoms with Crippen LogP contribution in [-0.2, 0) is 16.9 Å². The van der Waals surface area contributed by atoms with Gasteiger partial charge in [-0.25, -0.2) is 4.79 Å². The Morgan fingerprint density at radius 3 is 2.27 bits per heavy atom. The van der Waals surface area contributed by atoms with Crippen molar-refractivity contribution in [1.29, 1.82) is 0 Å². The number of nitrogens with zero attached hydrogens (tertiary/aromatic N) is 1. The van der Waals surface area contributed by atoms with Crippen LogP contribution in [0.3, 0.4) is 0 Å². The van der Waals surface area contributed by atoms with E-state index in [-0.39, 0.29) is 18.5 Å². The van der Waals surface area contributed by atoms with Crippen LogP contribution in [0, 0.1) is 6.92 Å². The van der Waals surface area contributed by atoms with E-state index < -0.39 is 5.54 Å². The molecular weight excluding hydrogens is 276 g/mol. The molecule has 1 atom stereocenters. The van der Waals surface area contributed by atoms with Gasteiger partial charge in [0.2, 0.25) is 0 Å². The highest BCUT2D eigenvalue weighted by Crippen LogP contribution is 2.29. The summed E-state index contributed by atoms with van der Waals surface area (Å²) in [4.78, 5) is 26.3. The first-order chi connectivity index (χ1) is 10.5. The van der Waals surface area contributed by atoms with Crippen LogP contribution < -0.4 is 5.32 Å². The number of benzene rings is 2. The zero-order valence-electron chi connectivity index (χ0n) is 12.7. The Morgan fingerprint density at radius 2 is 1.64 bits per heavy atom. The Kier molecular flexibility index (Phi) is 3.45. The number of carbonyl (C=O) groups excluding carboxylic acids is 2. The number of aryl methyl sites for hydroxylation is 1. The van der Waals surface area contributed by atoms with Crippen LogP contribution in [0.1, 0.15) is 23.6 Å². The van der Waals surface area contributed by atoms with Gasteiger partial charge in [0, 0.05) is 0 Å². The van der Waals surface area contributed by atoms with Gasteiger partial charge >= 0.3 is 6.03 Å². The molecular formula is C18H18N2O2. The third-order valence-corrected chi connectivity index (χ3v) is 4.09. The van der Waals surface area contributed by atoms with E-state index in [1.807, 2.05) is 61.5 Å². The molecule has 1 fully saturated rings. The highest BCUT2D eigenvalue weighted by Gasteiger charge is 2.48. The van der Waals surface area contributed by atoms with Crippen molar-refractivity contribution in [3.63, 3.8) is 0 Å². The minimum atomic E-state index is -0.997. The van der Waals surface area contributed by atoms with Gasteiger partial charge in [0.1, 0.15) is 5.54 Å². The van der Waals surface area contributed by atoms with Crippen molar-refractivity contribution in [3.8, 4) is 0 Å². The van der Waals surface area contributed by atoms with Crippen LogP contribution in [0.4, 0.5) is 4.79 Å². The first-order valence-electron chi connectivity index (χ1n) is 7.26. The SMILES string of the molecule is Cc1ccc(CN2C(=O)N[C@](C)(c3ccccc3)C2=O)cc1. The highest BCUT2D eigenvalue weighted by atomic mass is 16.2. The summed E-state index contributed by atoms with van der Waals surface area (Å²) >= 11 is 0. The maximum absolute atomic E-state index is 12.8. The summed E-state index contributed by atoms with van der Waals surface area (Å²) in [6.07, 6.45) is 0. The molecule has 0 saturated carbocycles. The molecule has 112 valence electrons. The van der Waals surface area contributed by atoms with Crippen molar-refractivity contribution in [1.82, 2.24) is 10.2 Å². The number of imide groups is 1. The minimum absolute atomic E-state index is 0.218. The monoisotopic (exact) mass is 294 g/mol. The Labute approximate surface area is 129 Å². The van der Waals surface area contributed by atoms with Gasteiger partial charge in [-0.1, -0.05) is 60.2 Å². The van der Waals surface area contributed by atoms with Gasteiger partial charge in [-0.2, -0.15) is 0 Å². The van der Waals surface area contributed by atoms with Gasteiger partial charge in [0.25, 0.3) is 5.91 Å². The van der Waals surface area contributed by atoms with E-state index in [1.54, 1.807) is 6.92 Å². The number of hydrogen-bond acceptors (Lipinski definition) is 2. The maximum Gasteiger partial charge on any atom is 0.325 e. The number of urea groups is 1. The Balaban J connectivity index is 1.87. The van der Waals surface area contributed by atoms with Gasteiger partial charge in [-0.15, -0.1) is 0 Å². The second kappa shape index (κ2) is 5.30. The summed E-state index contributed by atoms with van der Waals surface area (Å²) in [6, 6.07) is 16.8. The molecule has 2 aromatic rings. The molecule has 3 rings (SSSR count). The summed E-state index contributed by atoms with van der Waals surface area (Å²) in [5.41, 5.74) is 1.88. The van der Waals surface area contributed by atoms with E-state index in [0.717, 1.165) is 16.7 Å².